The van der Waals surface area contributed by atoms with Gasteiger partial charge in [0, 0.05) is 16.3 Å². The zero-order valence-corrected chi connectivity index (χ0v) is 17.0. The van der Waals surface area contributed by atoms with Crippen LogP contribution in [0.1, 0.15) is 33.3 Å². The van der Waals surface area contributed by atoms with E-state index in [2.05, 4.69) is 23.3 Å². The molecule has 0 radical (unpaired) electrons. The molecule has 0 aromatic heterocycles. The van der Waals surface area contributed by atoms with Gasteiger partial charge in [0.05, 0.1) is 7.11 Å². The molecule has 0 saturated carbocycles. The highest BCUT2D eigenvalue weighted by Gasteiger charge is 2.10. The number of hydrogen-bond donors (Lipinski definition) is 1. The van der Waals surface area contributed by atoms with E-state index in [0.717, 1.165) is 17.0 Å². The van der Waals surface area contributed by atoms with Crippen LogP contribution in [0, 0.1) is 0 Å². The normalized spacial score (nSPS) is 11.8. The van der Waals surface area contributed by atoms with Gasteiger partial charge in [-0.3, -0.25) is 0 Å². The van der Waals surface area contributed by atoms with Gasteiger partial charge in [-0.2, -0.15) is 0 Å². The maximum absolute atomic E-state index is 5.98. The summed E-state index contributed by atoms with van der Waals surface area (Å²) in [6.45, 7) is 14.8. The molecule has 0 bridgehead atoms. The van der Waals surface area contributed by atoms with Crippen molar-refractivity contribution in [3.63, 3.8) is 0 Å². The minimum Gasteiger partial charge on any atom is -0.495 e. The van der Waals surface area contributed by atoms with E-state index in [-0.39, 0.29) is 0 Å². The van der Waals surface area contributed by atoms with Crippen LogP contribution in [-0.2, 0) is 4.74 Å². The largest absolute Gasteiger partial charge is 0.495 e. The molecule has 0 saturated heterocycles. The second-order valence-electron chi connectivity index (χ2n) is 5.56. The first-order valence-electron chi connectivity index (χ1n) is 8.03. The number of ether oxygens (including phenoxy) is 1. The van der Waals surface area contributed by atoms with Crippen molar-refractivity contribution in [1.82, 2.24) is 0 Å². The average Bonchev–Trinajstić information content (AvgIpc) is 2.60. The Bertz CT molecular complexity index is 739. The fourth-order valence-electron chi connectivity index (χ4n) is 1.74. The Morgan fingerprint density at radius 1 is 1.23 bits per heavy atom. The van der Waals surface area contributed by atoms with Crippen LogP contribution in [0.15, 0.2) is 81.9 Å². The molecule has 0 spiro atoms. The van der Waals surface area contributed by atoms with E-state index in [1.54, 1.807) is 13.2 Å². The maximum atomic E-state index is 5.98. The predicted octanol–water partition coefficient (Wildman–Crippen LogP) is 5.67. The van der Waals surface area contributed by atoms with Crippen molar-refractivity contribution in [1.29, 1.82) is 0 Å². The molecule has 26 heavy (non-hydrogen) atoms. The fourth-order valence-corrected chi connectivity index (χ4v) is 1.93. The van der Waals surface area contributed by atoms with Gasteiger partial charge in [0.25, 0.3) is 0 Å². The molecule has 0 unspecified atom stereocenters. The Morgan fingerprint density at radius 2 is 1.88 bits per heavy atom. The van der Waals surface area contributed by atoms with Crippen LogP contribution >= 0.6 is 11.6 Å². The first-order valence-corrected chi connectivity index (χ1v) is 8.41. The summed E-state index contributed by atoms with van der Waals surface area (Å²) in [5.41, 5.74) is 8.88. The fraction of sp³-hybridized carbons (Fsp3) is 0.238. The number of halogens is 1. The molecule has 140 valence electrons. The first kappa shape index (κ1) is 23.4. The molecule has 0 atom stereocenters. The summed E-state index contributed by atoms with van der Waals surface area (Å²) in [5, 5.41) is 0.670. The number of hydrogen-bond acceptors (Lipinski definition) is 4. The number of methoxy groups -OCH3 is 1. The molecular formula is C21H28ClN3O. The van der Waals surface area contributed by atoms with Gasteiger partial charge in [0.2, 0.25) is 0 Å². The smallest absolute Gasteiger partial charge is 0.140 e. The van der Waals surface area contributed by atoms with Crippen LogP contribution in [0.25, 0.3) is 0 Å². The van der Waals surface area contributed by atoms with Crippen molar-refractivity contribution >= 4 is 24.0 Å². The molecule has 0 aliphatic carbocycles. The minimum absolute atomic E-state index is 0.455. The van der Waals surface area contributed by atoms with Crippen molar-refractivity contribution in [3.05, 3.63) is 82.5 Å². The maximum Gasteiger partial charge on any atom is 0.140 e. The van der Waals surface area contributed by atoms with Gasteiger partial charge in [-0.1, -0.05) is 42.0 Å². The molecule has 1 rings (SSSR count). The summed E-state index contributed by atoms with van der Waals surface area (Å²) in [7, 11) is 1.62. The summed E-state index contributed by atoms with van der Waals surface area (Å²) >= 11 is 5.98. The zero-order chi connectivity index (χ0) is 20.1. The lowest BCUT2D eigenvalue weighted by molar-refractivity contribution is 0.314. The quantitative estimate of drug-likeness (QED) is 0.397. The molecule has 0 aliphatic rings. The molecule has 4 nitrogen and oxygen atoms in total. The standard InChI is InChI=1S/C14H16ClNO.C7H12N2/c1-5-13(17-4)14(16-10(2)3)11-7-6-8-12(15)9-11;1-6(2)4-5-7(8)9-3/h5-9H,2H2,1,3-4H3;4-5H,3,8H2,1-2H3/b13-5+,16-14?;7-5-. The Hall–Kier alpha value is -2.59. The lowest BCUT2D eigenvalue weighted by Crippen LogP contribution is -2.07. The van der Waals surface area contributed by atoms with Crippen molar-refractivity contribution < 1.29 is 4.74 Å². The van der Waals surface area contributed by atoms with Crippen molar-refractivity contribution in [3.8, 4) is 0 Å². The van der Waals surface area contributed by atoms with Gasteiger partial charge >= 0.3 is 0 Å². The lowest BCUT2D eigenvalue weighted by atomic mass is 10.1. The van der Waals surface area contributed by atoms with Crippen LogP contribution in [0.2, 0.25) is 5.02 Å². The van der Waals surface area contributed by atoms with E-state index in [0.29, 0.717) is 16.6 Å². The van der Waals surface area contributed by atoms with Crippen LogP contribution in [0.4, 0.5) is 0 Å². The number of benzene rings is 1. The molecule has 2 N–H and O–H groups in total. The van der Waals surface area contributed by atoms with Gasteiger partial charge in [-0.15, -0.1) is 0 Å². The molecule has 0 amide bonds. The number of aliphatic imine (C=N–C) groups is 2. The highest BCUT2D eigenvalue weighted by Crippen LogP contribution is 2.17. The zero-order valence-electron chi connectivity index (χ0n) is 16.2. The highest BCUT2D eigenvalue weighted by molar-refractivity contribution is 6.31. The summed E-state index contributed by atoms with van der Waals surface area (Å²) in [5.74, 6) is 1.16. The average molecular weight is 374 g/mol. The summed E-state index contributed by atoms with van der Waals surface area (Å²) < 4.78 is 5.30. The topological polar surface area (TPSA) is 60.0 Å². The molecular weight excluding hydrogens is 346 g/mol. The second-order valence-corrected chi connectivity index (χ2v) is 5.99. The van der Waals surface area contributed by atoms with Crippen LogP contribution in [0.3, 0.4) is 0 Å². The molecule has 1 aromatic carbocycles. The second kappa shape index (κ2) is 12.7. The predicted molar refractivity (Wildman–Crippen MR) is 115 cm³/mol. The summed E-state index contributed by atoms with van der Waals surface area (Å²) in [6, 6.07) is 7.50. The third-order valence-corrected chi connectivity index (χ3v) is 3.12. The van der Waals surface area contributed by atoms with E-state index in [4.69, 9.17) is 22.1 Å². The molecule has 0 heterocycles. The third kappa shape index (κ3) is 9.64. The highest BCUT2D eigenvalue weighted by atomic mass is 35.5. The van der Waals surface area contributed by atoms with Crippen molar-refractivity contribution in [2.45, 2.75) is 27.7 Å². The Kier molecular flexibility index (Phi) is 11.5. The first-order chi connectivity index (χ1) is 12.2. The third-order valence-electron chi connectivity index (χ3n) is 2.89. The number of nitrogens with zero attached hydrogens (tertiary/aromatic N) is 2. The molecule has 0 fully saturated rings. The monoisotopic (exact) mass is 373 g/mol. The number of allylic oxidation sites excluding steroid dienone is 6. The van der Waals surface area contributed by atoms with E-state index < -0.39 is 0 Å². The van der Waals surface area contributed by atoms with Gasteiger partial charge in [-0.25, -0.2) is 9.98 Å². The lowest BCUT2D eigenvalue weighted by Gasteiger charge is -2.10. The Morgan fingerprint density at radius 3 is 2.31 bits per heavy atom. The Balaban J connectivity index is 0.000000590. The van der Waals surface area contributed by atoms with E-state index >= 15 is 0 Å². The van der Waals surface area contributed by atoms with E-state index in [9.17, 15) is 0 Å². The Labute approximate surface area is 162 Å². The SMILES string of the molecule is C=C(C)N=C(/C(=C\C)OC)c1cccc(Cl)c1.C=N/C(N)=C\C=C(C)C. The van der Waals surface area contributed by atoms with Crippen LogP contribution in [-0.4, -0.2) is 19.5 Å². The van der Waals surface area contributed by atoms with Crippen molar-refractivity contribution in [2.75, 3.05) is 7.11 Å². The van der Waals surface area contributed by atoms with Gasteiger partial charge in [0.15, 0.2) is 0 Å². The van der Waals surface area contributed by atoms with Gasteiger partial charge in [-0.05, 0) is 58.7 Å². The van der Waals surface area contributed by atoms with Crippen LogP contribution < -0.4 is 5.73 Å². The van der Waals surface area contributed by atoms with Crippen LogP contribution in [0.5, 0.6) is 0 Å². The molecule has 0 aliphatic heterocycles. The minimum atomic E-state index is 0.455. The molecule has 1 aromatic rings. The van der Waals surface area contributed by atoms with Crippen molar-refractivity contribution in [2.24, 2.45) is 15.7 Å². The summed E-state index contributed by atoms with van der Waals surface area (Å²) in [4.78, 5) is 7.91. The van der Waals surface area contributed by atoms with E-state index in [1.165, 1.54) is 5.57 Å². The summed E-state index contributed by atoms with van der Waals surface area (Å²) in [6.07, 6.45) is 5.48. The van der Waals surface area contributed by atoms with E-state index in [1.807, 2.05) is 64.1 Å². The number of rotatable bonds is 6. The van der Waals surface area contributed by atoms with Gasteiger partial charge < -0.3 is 10.5 Å². The number of nitrogens with two attached hydrogens (primary N) is 1. The van der Waals surface area contributed by atoms with Gasteiger partial charge in [0.1, 0.15) is 17.3 Å². The molecule has 5 heteroatoms.